The number of ether oxygens (including phenoxy) is 1. The molecule has 1 aromatic heterocycles. The average Bonchev–Trinajstić information content (AvgIpc) is 2.89. The Balaban J connectivity index is 2.10. The molecule has 0 radical (unpaired) electrons. The third-order valence-corrected chi connectivity index (χ3v) is 3.60. The van der Waals surface area contributed by atoms with Crippen molar-refractivity contribution < 1.29 is 19.4 Å². The highest BCUT2D eigenvalue weighted by molar-refractivity contribution is 5.96. The van der Waals surface area contributed by atoms with Gasteiger partial charge in [-0.15, -0.1) is 0 Å². The van der Waals surface area contributed by atoms with Gasteiger partial charge in [0.1, 0.15) is 6.04 Å². The molecule has 128 valence electrons. The second-order valence-corrected chi connectivity index (χ2v) is 5.53. The van der Waals surface area contributed by atoms with Crippen molar-refractivity contribution in [3.8, 4) is 5.69 Å². The molecule has 0 aliphatic rings. The van der Waals surface area contributed by atoms with Crippen LogP contribution in [0.3, 0.4) is 0 Å². The highest BCUT2D eigenvalue weighted by Gasteiger charge is 2.20. The van der Waals surface area contributed by atoms with Crippen LogP contribution in [0.5, 0.6) is 0 Å². The summed E-state index contributed by atoms with van der Waals surface area (Å²) in [5.41, 5.74) is 3.14. The number of carbonyl (C=O) groups excluding carboxylic acids is 1. The van der Waals surface area contributed by atoms with Gasteiger partial charge in [-0.3, -0.25) is 4.79 Å². The highest BCUT2D eigenvalue weighted by Crippen LogP contribution is 2.13. The zero-order valence-corrected chi connectivity index (χ0v) is 13.9. The standard InChI is InChI=1S/C17H21N3O4/c1-11-10-12(2)20(19-11)14-6-4-13(5-7-14)16(21)18-15(17(22)23)8-9-24-3/h4-7,10,15H,8-9H2,1-3H3,(H,18,21)(H,22,23). The number of hydrogen-bond donors (Lipinski definition) is 2. The van der Waals surface area contributed by atoms with Gasteiger partial charge in [-0.1, -0.05) is 0 Å². The van der Waals surface area contributed by atoms with Gasteiger partial charge in [0.2, 0.25) is 0 Å². The van der Waals surface area contributed by atoms with E-state index in [0.29, 0.717) is 5.56 Å². The fourth-order valence-corrected chi connectivity index (χ4v) is 2.38. The molecule has 7 heteroatoms. The van der Waals surface area contributed by atoms with Gasteiger partial charge in [0, 0.05) is 31.4 Å². The van der Waals surface area contributed by atoms with Crippen LogP contribution in [0.15, 0.2) is 30.3 Å². The molecule has 7 nitrogen and oxygen atoms in total. The largest absolute Gasteiger partial charge is 0.480 e. The Hall–Kier alpha value is -2.67. The normalized spacial score (nSPS) is 12.0. The molecule has 0 spiro atoms. The van der Waals surface area contributed by atoms with Gasteiger partial charge in [0.05, 0.1) is 11.4 Å². The van der Waals surface area contributed by atoms with Gasteiger partial charge in [0.15, 0.2) is 0 Å². The van der Waals surface area contributed by atoms with Crippen molar-refractivity contribution in [3.63, 3.8) is 0 Å². The van der Waals surface area contributed by atoms with E-state index >= 15 is 0 Å². The van der Waals surface area contributed by atoms with Gasteiger partial charge in [-0.05, 0) is 44.2 Å². The first kappa shape index (κ1) is 17.7. The Kier molecular flexibility index (Phi) is 5.70. The van der Waals surface area contributed by atoms with E-state index in [9.17, 15) is 9.59 Å². The maximum Gasteiger partial charge on any atom is 0.326 e. The van der Waals surface area contributed by atoms with E-state index in [0.717, 1.165) is 17.1 Å². The summed E-state index contributed by atoms with van der Waals surface area (Å²) in [6, 6.07) is 7.84. The van der Waals surface area contributed by atoms with Crippen LogP contribution >= 0.6 is 0 Å². The van der Waals surface area contributed by atoms with E-state index < -0.39 is 17.9 Å². The predicted molar refractivity (Wildman–Crippen MR) is 88.4 cm³/mol. The molecule has 2 aromatic rings. The first-order valence-electron chi connectivity index (χ1n) is 7.58. The van der Waals surface area contributed by atoms with E-state index in [1.165, 1.54) is 7.11 Å². The molecule has 24 heavy (non-hydrogen) atoms. The molecular weight excluding hydrogens is 310 g/mol. The summed E-state index contributed by atoms with van der Waals surface area (Å²) >= 11 is 0. The monoisotopic (exact) mass is 331 g/mol. The number of methoxy groups -OCH3 is 1. The lowest BCUT2D eigenvalue weighted by Crippen LogP contribution is -2.41. The molecule has 1 unspecified atom stereocenters. The van der Waals surface area contributed by atoms with Crippen molar-refractivity contribution in [2.75, 3.05) is 13.7 Å². The van der Waals surface area contributed by atoms with E-state index in [1.54, 1.807) is 28.9 Å². The molecule has 1 amide bonds. The molecule has 2 N–H and O–H groups in total. The summed E-state index contributed by atoms with van der Waals surface area (Å²) in [7, 11) is 1.48. The molecule has 0 aliphatic heterocycles. The fourth-order valence-electron chi connectivity index (χ4n) is 2.38. The SMILES string of the molecule is COCCC(NC(=O)c1ccc(-n2nc(C)cc2C)cc1)C(=O)O. The third-order valence-electron chi connectivity index (χ3n) is 3.60. The number of carbonyl (C=O) groups is 2. The molecule has 1 atom stereocenters. The van der Waals surface area contributed by atoms with E-state index in [1.807, 2.05) is 19.9 Å². The Morgan fingerprint density at radius 3 is 2.46 bits per heavy atom. The molecular formula is C17H21N3O4. The van der Waals surface area contributed by atoms with Crippen LogP contribution in [0.4, 0.5) is 0 Å². The second kappa shape index (κ2) is 7.74. The van der Waals surface area contributed by atoms with Crippen LogP contribution in [0.25, 0.3) is 5.69 Å². The zero-order chi connectivity index (χ0) is 17.7. The molecule has 1 aromatic carbocycles. The first-order chi connectivity index (χ1) is 11.4. The number of aryl methyl sites for hydroxylation is 2. The maximum atomic E-state index is 12.2. The maximum absolute atomic E-state index is 12.2. The molecule has 0 bridgehead atoms. The second-order valence-electron chi connectivity index (χ2n) is 5.53. The zero-order valence-electron chi connectivity index (χ0n) is 13.9. The number of benzene rings is 1. The number of aliphatic carboxylic acids is 1. The summed E-state index contributed by atoms with van der Waals surface area (Å²) in [4.78, 5) is 23.4. The number of hydrogen-bond acceptors (Lipinski definition) is 4. The van der Waals surface area contributed by atoms with E-state index in [2.05, 4.69) is 10.4 Å². The lowest BCUT2D eigenvalue weighted by atomic mass is 10.1. The number of carboxylic acid groups (broad SMARTS) is 1. The molecule has 0 saturated heterocycles. The molecule has 2 rings (SSSR count). The van der Waals surface area contributed by atoms with Crippen LogP contribution in [0, 0.1) is 13.8 Å². The molecule has 1 heterocycles. The lowest BCUT2D eigenvalue weighted by Gasteiger charge is -2.14. The minimum Gasteiger partial charge on any atom is -0.480 e. The summed E-state index contributed by atoms with van der Waals surface area (Å²) in [5.74, 6) is -1.52. The van der Waals surface area contributed by atoms with Gasteiger partial charge in [0.25, 0.3) is 5.91 Å². The van der Waals surface area contributed by atoms with E-state index in [4.69, 9.17) is 9.84 Å². The summed E-state index contributed by atoms with van der Waals surface area (Å²) in [6.07, 6.45) is 0.210. The Morgan fingerprint density at radius 1 is 1.29 bits per heavy atom. The number of aromatic nitrogens is 2. The van der Waals surface area contributed by atoms with Crippen LogP contribution < -0.4 is 5.32 Å². The minimum atomic E-state index is -1.08. The summed E-state index contributed by atoms with van der Waals surface area (Å²) in [5, 5.41) is 16.0. The van der Waals surface area contributed by atoms with E-state index in [-0.39, 0.29) is 13.0 Å². The molecule has 0 aliphatic carbocycles. The molecule has 0 fully saturated rings. The third kappa shape index (κ3) is 4.20. The fraction of sp³-hybridized carbons (Fsp3) is 0.353. The van der Waals surface area contributed by atoms with Crippen LogP contribution in [0.2, 0.25) is 0 Å². The summed E-state index contributed by atoms with van der Waals surface area (Å²) < 4.78 is 6.65. The Bertz CT molecular complexity index is 722. The van der Waals surface area contributed by atoms with Crippen LogP contribution in [-0.4, -0.2) is 46.5 Å². The number of nitrogens with zero attached hydrogens (tertiary/aromatic N) is 2. The van der Waals surface area contributed by atoms with Crippen molar-refractivity contribution >= 4 is 11.9 Å². The number of nitrogens with one attached hydrogen (secondary N) is 1. The highest BCUT2D eigenvalue weighted by atomic mass is 16.5. The van der Waals surface area contributed by atoms with Crippen LogP contribution in [-0.2, 0) is 9.53 Å². The van der Waals surface area contributed by atoms with Crippen molar-refractivity contribution in [3.05, 3.63) is 47.3 Å². The van der Waals surface area contributed by atoms with Crippen molar-refractivity contribution in [1.82, 2.24) is 15.1 Å². The van der Waals surface area contributed by atoms with Gasteiger partial charge in [-0.2, -0.15) is 5.10 Å². The van der Waals surface area contributed by atoms with Crippen molar-refractivity contribution in [1.29, 1.82) is 0 Å². The Labute approximate surface area is 140 Å². The smallest absolute Gasteiger partial charge is 0.326 e. The predicted octanol–water partition coefficient (Wildman–Crippen LogP) is 1.71. The van der Waals surface area contributed by atoms with Gasteiger partial charge in [-0.25, -0.2) is 9.48 Å². The van der Waals surface area contributed by atoms with Gasteiger partial charge >= 0.3 is 5.97 Å². The number of rotatable bonds is 7. The Morgan fingerprint density at radius 2 is 1.96 bits per heavy atom. The quantitative estimate of drug-likeness (QED) is 0.805. The lowest BCUT2D eigenvalue weighted by molar-refractivity contribution is -0.139. The number of amides is 1. The summed E-state index contributed by atoms with van der Waals surface area (Å²) in [6.45, 7) is 4.12. The first-order valence-corrected chi connectivity index (χ1v) is 7.58. The van der Waals surface area contributed by atoms with Crippen molar-refractivity contribution in [2.45, 2.75) is 26.3 Å². The average molecular weight is 331 g/mol. The topological polar surface area (TPSA) is 93.5 Å². The van der Waals surface area contributed by atoms with Crippen molar-refractivity contribution in [2.24, 2.45) is 0 Å². The van der Waals surface area contributed by atoms with Crippen LogP contribution in [0.1, 0.15) is 28.2 Å². The number of carboxylic acids is 1. The minimum absolute atomic E-state index is 0.210. The van der Waals surface area contributed by atoms with Gasteiger partial charge < -0.3 is 15.2 Å². The molecule has 0 saturated carbocycles.